The molecule has 0 fully saturated rings. The number of H-pyrrole nitrogens is 1. The SMILES string of the molecule is COc1ccc(C(C)=NOC/C(O)=C(\C#N)c2nc3ccccc3[nH]2)cc1OC. The summed E-state index contributed by atoms with van der Waals surface area (Å²) in [6, 6.07) is 14.7. The lowest BCUT2D eigenvalue weighted by molar-refractivity contribution is 0.137. The highest BCUT2D eigenvalue weighted by Crippen LogP contribution is 2.27. The monoisotopic (exact) mass is 392 g/mol. The van der Waals surface area contributed by atoms with Crippen LogP contribution in [-0.4, -0.2) is 41.6 Å². The van der Waals surface area contributed by atoms with Crippen molar-refractivity contribution in [3.05, 3.63) is 59.6 Å². The molecular weight excluding hydrogens is 372 g/mol. The molecule has 1 aromatic heterocycles. The zero-order valence-electron chi connectivity index (χ0n) is 16.3. The predicted octanol–water partition coefficient (Wildman–Crippen LogP) is 3.81. The Morgan fingerprint density at radius 1 is 1.17 bits per heavy atom. The van der Waals surface area contributed by atoms with E-state index in [0.29, 0.717) is 22.7 Å². The molecule has 148 valence electrons. The van der Waals surface area contributed by atoms with E-state index >= 15 is 0 Å². The van der Waals surface area contributed by atoms with E-state index in [2.05, 4.69) is 15.1 Å². The van der Waals surface area contributed by atoms with Crippen LogP contribution in [0.5, 0.6) is 11.5 Å². The van der Waals surface area contributed by atoms with Crippen LogP contribution in [0.25, 0.3) is 16.6 Å². The lowest BCUT2D eigenvalue weighted by atomic mass is 10.1. The van der Waals surface area contributed by atoms with Gasteiger partial charge in [-0.15, -0.1) is 0 Å². The number of ether oxygens (including phenoxy) is 2. The van der Waals surface area contributed by atoms with Gasteiger partial charge in [0.25, 0.3) is 0 Å². The summed E-state index contributed by atoms with van der Waals surface area (Å²) in [4.78, 5) is 12.6. The van der Waals surface area contributed by atoms with E-state index < -0.39 is 0 Å². The van der Waals surface area contributed by atoms with Gasteiger partial charge in [-0.1, -0.05) is 17.3 Å². The van der Waals surface area contributed by atoms with Crippen LogP contribution in [-0.2, 0) is 4.84 Å². The topological polar surface area (TPSA) is 113 Å². The Kier molecular flexibility index (Phi) is 6.00. The molecule has 0 spiro atoms. The number of benzene rings is 2. The number of hydrogen-bond donors (Lipinski definition) is 2. The van der Waals surface area contributed by atoms with E-state index in [9.17, 15) is 10.4 Å². The van der Waals surface area contributed by atoms with E-state index in [1.165, 1.54) is 0 Å². The summed E-state index contributed by atoms with van der Waals surface area (Å²) in [5.41, 5.74) is 2.81. The van der Waals surface area contributed by atoms with Crippen LogP contribution in [0.3, 0.4) is 0 Å². The molecule has 1 heterocycles. The van der Waals surface area contributed by atoms with E-state index in [1.807, 2.05) is 36.4 Å². The number of methoxy groups -OCH3 is 2. The van der Waals surface area contributed by atoms with Gasteiger partial charge in [-0.05, 0) is 37.3 Å². The van der Waals surface area contributed by atoms with Crippen LogP contribution in [0.2, 0.25) is 0 Å². The Balaban J connectivity index is 1.76. The smallest absolute Gasteiger partial charge is 0.175 e. The number of allylic oxidation sites excluding steroid dienone is 1. The lowest BCUT2D eigenvalue weighted by Gasteiger charge is -2.09. The molecule has 2 N–H and O–H groups in total. The first-order valence-electron chi connectivity index (χ1n) is 8.73. The van der Waals surface area contributed by atoms with Gasteiger partial charge in [-0.2, -0.15) is 5.26 Å². The fraction of sp³-hybridized carbons (Fsp3) is 0.190. The van der Waals surface area contributed by atoms with Gasteiger partial charge >= 0.3 is 0 Å². The van der Waals surface area contributed by atoms with Crippen molar-refractivity contribution >= 4 is 22.3 Å². The summed E-state index contributed by atoms with van der Waals surface area (Å²) in [5.74, 6) is 1.18. The molecule has 3 rings (SSSR count). The maximum Gasteiger partial charge on any atom is 0.175 e. The average molecular weight is 392 g/mol. The van der Waals surface area contributed by atoms with Gasteiger partial charge < -0.3 is 24.4 Å². The average Bonchev–Trinajstić information content (AvgIpc) is 3.17. The van der Waals surface area contributed by atoms with Crippen LogP contribution in [0.4, 0.5) is 0 Å². The highest BCUT2D eigenvalue weighted by Gasteiger charge is 2.14. The van der Waals surface area contributed by atoms with Crippen LogP contribution in [0.1, 0.15) is 18.3 Å². The predicted molar refractivity (Wildman–Crippen MR) is 109 cm³/mol. The van der Waals surface area contributed by atoms with Crippen molar-refractivity contribution in [1.82, 2.24) is 9.97 Å². The fourth-order valence-electron chi connectivity index (χ4n) is 2.70. The van der Waals surface area contributed by atoms with Crippen molar-refractivity contribution in [2.24, 2.45) is 5.16 Å². The number of hydrogen-bond acceptors (Lipinski definition) is 7. The third-order valence-corrected chi connectivity index (χ3v) is 4.23. The van der Waals surface area contributed by atoms with Gasteiger partial charge in [-0.25, -0.2) is 4.98 Å². The van der Waals surface area contributed by atoms with Crippen LogP contribution < -0.4 is 9.47 Å². The Bertz CT molecular complexity index is 1090. The number of nitrogens with zero attached hydrogens (tertiary/aromatic N) is 3. The quantitative estimate of drug-likeness (QED) is 0.274. The van der Waals surface area contributed by atoms with Crippen molar-refractivity contribution in [3.8, 4) is 17.6 Å². The molecule has 0 atom stereocenters. The zero-order valence-corrected chi connectivity index (χ0v) is 16.3. The van der Waals surface area contributed by atoms with Gasteiger partial charge in [0, 0.05) is 5.56 Å². The normalized spacial score (nSPS) is 12.3. The van der Waals surface area contributed by atoms with Gasteiger partial charge in [0.15, 0.2) is 29.7 Å². The molecule has 0 amide bonds. The number of nitrogens with one attached hydrogen (secondary N) is 1. The third kappa shape index (κ3) is 4.30. The molecule has 29 heavy (non-hydrogen) atoms. The number of aromatic amines is 1. The highest BCUT2D eigenvalue weighted by molar-refractivity contribution is 5.98. The zero-order chi connectivity index (χ0) is 20.8. The maximum absolute atomic E-state index is 10.3. The summed E-state index contributed by atoms with van der Waals surface area (Å²) in [5, 5.41) is 23.7. The molecule has 0 unspecified atom stereocenters. The summed E-state index contributed by atoms with van der Waals surface area (Å²) in [6.07, 6.45) is 0. The van der Waals surface area contributed by atoms with Gasteiger partial charge in [0.1, 0.15) is 11.6 Å². The van der Waals surface area contributed by atoms with Crippen LogP contribution in [0, 0.1) is 11.3 Å². The Morgan fingerprint density at radius 2 is 1.93 bits per heavy atom. The van der Waals surface area contributed by atoms with Crippen molar-refractivity contribution in [1.29, 1.82) is 5.26 Å². The number of aliphatic hydroxyl groups excluding tert-OH is 1. The molecule has 0 radical (unpaired) electrons. The first-order chi connectivity index (χ1) is 14.1. The molecular formula is C21H20N4O4. The Labute approximate surface area is 167 Å². The largest absolute Gasteiger partial charge is 0.507 e. The third-order valence-electron chi connectivity index (χ3n) is 4.23. The molecule has 8 nitrogen and oxygen atoms in total. The van der Waals surface area contributed by atoms with Crippen LogP contribution in [0.15, 0.2) is 53.4 Å². The molecule has 0 aliphatic heterocycles. The fourth-order valence-corrected chi connectivity index (χ4v) is 2.70. The summed E-state index contributed by atoms with van der Waals surface area (Å²) in [6.45, 7) is 1.48. The molecule has 2 aromatic carbocycles. The summed E-state index contributed by atoms with van der Waals surface area (Å²) >= 11 is 0. The molecule has 3 aromatic rings. The standard InChI is InChI=1S/C21H20N4O4/c1-13(14-8-9-19(27-2)20(10-14)28-3)25-29-12-18(26)15(11-22)21-23-16-6-4-5-7-17(16)24-21/h4-10,26H,12H2,1-3H3,(H,23,24)/b18-15-,25-13?. The van der Waals surface area contributed by atoms with Crippen molar-refractivity contribution in [2.45, 2.75) is 6.92 Å². The second kappa shape index (κ2) is 8.80. The second-order valence-electron chi connectivity index (χ2n) is 6.06. The number of oxime groups is 1. The molecule has 8 heteroatoms. The van der Waals surface area contributed by atoms with Gasteiger partial charge in [0.05, 0.1) is 31.0 Å². The van der Waals surface area contributed by atoms with E-state index in [-0.39, 0.29) is 23.8 Å². The molecule has 0 saturated carbocycles. The number of para-hydroxylation sites is 2. The number of nitriles is 1. The molecule has 0 bridgehead atoms. The van der Waals surface area contributed by atoms with E-state index in [0.717, 1.165) is 11.1 Å². The Morgan fingerprint density at radius 3 is 2.62 bits per heavy atom. The minimum atomic E-state index is -0.273. The van der Waals surface area contributed by atoms with Crippen molar-refractivity contribution in [3.63, 3.8) is 0 Å². The first-order valence-corrected chi connectivity index (χ1v) is 8.73. The van der Waals surface area contributed by atoms with Crippen LogP contribution >= 0.6 is 0 Å². The molecule has 0 saturated heterocycles. The van der Waals surface area contributed by atoms with Crippen molar-refractivity contribution in [2.75, 3.05) is 20.8 Å². The second-order valence-corrected chi connectivity index (χ2v) is 6.06. The van der Waals surface area contributed by atoms with Gasteiger partial charge in [0.2, 0.25) is 0 Å². The van der Waals surface area contributed by atoms with Gasteiger partial charge in [-0.3, -0.25) is 0 Å². The molecule has 0 aliphatic carbocycles. The highest BCUT2D eigenvalue weighted by atomic mass is 16.6. The number of aliphatic hydroxyl groups is 1. The number of imidazole rings is 1. The minimum Gasteiger partial charge on any atom is -0.507 e. The number of aromatic nitrogens is 2. The lowest BCUT2D eigenvalue weighted by Crippen LogP contribution is -2.02. The summed E-state index contributed by atoms with van der Waals surface area (Å²) in [7, 11) is 3.11. The number of rotatable bonds is 7. The van der Waals surface area contributed by atoms with E-state index in [4.69, 9.17) is 14.3 Å². The first kappa shape index (κ1) is 19.8. The maximum atomic E-state index is 10.3. The van der Waals surface area contributed by atoms with Crippen molar-refractivity contribution < 1.29 is 19.4 Å². The molecule has 0 aliphatic rings. The minimum absolute atomic E-state index is 0.000157. The van der Waals surface area contributed by atoms with E-state index in [1.54, 1.807) is 33.3 Å². The summed E-state index contributed by atoms with van der Waals surface area (Å²) < 4.78 is 10.5. The Hall–Kier alpha value is -3.99. The number of fused-ring (bicyclic) bond motifs is 1.